The summed E-state index contributed by atoms with van der Waals surface area (Å²) in [6.45, 7) is 5.28. The van der Waals surface area contributed by atoms with Gasteiger partial charge in [0.2, 0.25) is 0 Å². The largest absolute Gasteiger partial charge is 0.330 e. The van der Waals surface area contributed by atoms with E-state index in [1.165, 1.54) is 36.8 Å². The molecule has 3 atom stereocenters. The van der Waals surface area contributed by atoms with Gasteiger partial charge < -0.3 is 11.1 Å². The van der Waals surface area contributed by atoms with Gasteiger partial charge in [0, 0.05) is 12.1 Å². The van der Waals surface area contributed by atoms with E-state index < -0.39 is 0 Å². The number of hydrogen-bond donors (Lipinski definition) is 2. The molecule has 0 bridgehead atoms. The van der Waals surface area contributed by atoms with E-state index in [1.807, 2.05) is 0 Å². The van der Waals surface area contributed by atoms with Crippen LogP contribution in [-0.4, -0.2) is 12.6 Å². The van der Waals surface area contributed by atoms with Crippen LogP contribution in [0.15, 0.2) is 24.3 Å². The van der Waals surface area contributed by atoms with Crippen molar-refractivity contribution in [2.24, 2.45) is 11.7 Å². The van der Waals surface area contributed by atoms with Crippen molar-refractivity contribution in [2.45, 2.75) is 51.6 Å². The Kier molecular flexibility index (Phi) is 4.79. The molecular formula is C16H26N2. The number of rotatable bonds is 4. The Hall–Kier alpha value is -0.860. The Bertz CT molecular complexity index is 375. The van der Waals surface area contributed by atoms with E-state index >= 15 is 0 Å². The summed E-state index contributed by atoms with van der Waals surface area (Å²) >= 11 is 0. The fourth-order valence-corrected chi connectivity index (χ4v) is 3.19. The lowest BCUT2D eigenvalue weighted by atomic mass is 9.84. The third-order valence-electron chi connectivity index (χ3n) is 4.33. The molecule has 1 saturated carbocycles. The van der Waals surface area contributed by atoms with Gasteiger partial charge in [-0.2, -0.15) is 0 Å². The first kappa shape index (κ1) is 13.6. The Morgan fingerprint density at radius 2 is 2.00 bits per heavy atom. The van der Waals surface area contributed by atoms with Gasteiger partial charge in [-0.3, -0.25) is 0 Å². The van der Waals surface area contributed by atoms with Crippen LogP contribution in [0.4, 0.5) is 0 Å². The highest BCUT2D eigenvalue weighted by molar-refractivity contribution is 5.28. The smallest absolute Gasteiger partial charge is 0.0297 e. The van der Waals surface area contributed by atoms with E-state index in [9.17, 15) is 0 Å². The zero-order chi connectivity index (χ0) is 13.0. The van der Waals surface area contributed by atoms with Crippen LogP contribution in [0.3, 0.4) is 0 Å². The Morgan fingerprint density at radius 1 is 1.28 bits per heavy atom. The lowest BCUT2D eigenvalue weighted by Gasteiger charge is -2.34. The fourth-order valence-electron chi connectivity index (χ4n) is 3.19. The van der Waals surface area contributed by atoms with Gasteiger partial charge in [-0.1, -0.05) is 37.1 Å². The molecule has 2 heteroatoms. The fraction of sp³-hybridized carbons (Fsp3) is 0.625. The topological polar surface area (TPSA) is 38.0 Å². The van der Waals surface area contributed by atoms with E-state index in [2.05, 4.69) is 43.4 Å². The van der Waals surface area contributed by atoms with Gasteiger partial charge in [-0.05, 0) is 50.3 Å². The molecule has 1 fully saturated rings. The highest BCUT2D eigenvalue weighted by atomic mass is 15.0. The standard InChI is InChI=1S/C16H26N2/c1-12-7-3-5-9-15(12)13(2)18-16-10-6-4-8-14(16)11-17/h3,5,7,9,13-14,16,18H,4,6,8,10-11,17H2,1-2H3/t13-,14?,16?/m1/s1. The average molecular weight is 246 g/mol. The molecule has 0 radical (unpaired) electrons. The number of nitrogens with one attached hydrogen (secondary N) is 1. The first-order valence-electron chi connectivity index (χ1n) is 7.24. The van der Waals surface area contributed by atoms with Crippen LogP contribution in [0.5, 0.6) is 0 Å². The molecule has 0 amide bonds. The first-order valence-corrected chi connectivity index (χ1v) is 7.24. The second-order valence-electron chi connectivity index (χ2n) is 5.63. The van der Waals surface area contributed by atoms with Gasteiger partial charge in [0.1, 0.15) is 0 Å². The summed E-state index contributed by atoms with van der Waals surface area (Å²) in [6.07, 6.45) is 5.25. The zero-order valence-corrected chi connectivity index (χ0v) is 11.7. The van der Waals surface area contributed by atoms with Crippen molar-refractivity contribution in [2.75, 3.05) is 6.54 Å². The highest BCUT2D eigenvalue weighted by Crippen LogP contribution is 2.26. The molecule has 0 aliphatic heterocycles. The van der Waals surface area contributed by atoms with Crippen LogP contribution in [0.2, 0.25) is 0 Å². The number of nitrogens with two attached hydrogens (primary N) is 1. The van der Waals surface area contributed by atoms with Crippen molar-refractivity contribution in [3.8, 4) is 0 Å². The van der Waals surface area contributed by atoms with Gasteiger partial charge in [-0.25, -0.2) is 0 Å². The van der Waals surface area contributed by atoms with E-state index in [0.29, 0.717) is 18.0 Å². The summed E-state index contributed by atoms with van der Waals surface area (Å²) in [4.78, 5) is 0. The summed E-state index contributed by atoms with van der Waals surface area (Å²) in [6, 6.07) is 9.67. The third kappa shape index (κ3) is 3.12. The average Bonchev–Trinajstić information content (AvgIpc) is 2.39. The molecule has 3 N–H and O–H groups in total. The maximum Gasteiger partial charge on any atom is 0.0297 e. The Labute approximate surface area is 111 Å². The van der Waals surface area contributed by atoms with Gasteiger partial charge in [0.05, 0.1) is 0 Å². The molecule has 1 aromatic carbocycles. The minimum Gasteiger partial charge on any atom is -0.330 e. The Balaban J connectivity index is 2.02. The van der Waals surface area contributed by atoms with Gasteiger partial charge in [0.15, 0.2) is 0 Å². The Morgan fingerprint density at radius 3 is 2.72 bits per heavy atom. The summed E-state index contributed by atoms with van der Waals surface area (Å²) in [5, 5.41) is 3.80. The monoisotopic (exact) mass is 246 g/mol. The van der Waals surface area contributed by atoms with E-state index in [1.54, 1.807) is 0 Å². The van der Waals surface area contributed by atoms with Crippen molar-refractivity contribution in [3.05, 3.63) is 35.4 Å². The van der Waals surface area contributed by atoms with Crippen molar-refractivity contribution in [3.63, 3.8) is 0 Å². The molecule has 2 rings (SSSR count). The summed E-state index contributed by atoms with van der Waals surface area (Å²) < 4.78 is 0. The molecule has 2 nitrogen and oxygen atoms in total. The van der Waals surface area contributed by atoms with Crippen molar-refractivity contribution in [1.29, 1.82) is 0 Å². The predicted octanol–water partition coefficient (Wildman–Crippen LogP) is 3.16. The minimum absolute atomic E-state index is 0.420. The van der Waals surface area contributed by atoms with E-state index in [4.69, 9.17) is 5.73 Å². The molecule has 0 aromatic heterocycles. The highest BCUT2D eigenvalue weighted by Gasteiger charge is 2.25. The molecular weight excluding hydrogens is 220 g/mol. The van der Waals surface area contributed by atoms with Crippen molar-refractivity contribution >= 4 is 0 Å². The molecule has 1 aliphatic rings. The van der Waals surface area contributed by atoms with Crippen LogP contribution in [0, 0.1) is 12.8 Å². The summed E-state index contributed by atoms with van der Waals surface area (Å²) in [5.41, 5.74) is 8.69. The second kappa shape index (κ2) is 6.35. The van der Waals surface area contributed by atoms with E-state index in [-0.39, 0.29) is 0 Å². The maximum atomic E-state index is 5.90. The SMILES string of the molecule is Cc1ccccc1[C@@H](C)NC1CCCCC1CN. The first-order chi connectivity index (χ1) is 8.72. The maximum absolute atomic E-state index is 5.90. The molecule has 1 aliphatic carbocycles. The molecule has 1 aromatic rings. The molecule has 0 saturated heterocycles. The van der Waals surface area contributed by atoms with Crippen LogP contribution in [-0.2, 0) is 0 Å². The van der Waals surface area contributed by atoms with Crippen LogP contribution < -0.4 is 11.1 Å². The lowest BCUT2D eigenvalue weighted by molar-refractivity contribution is 0.252. The van der Waals surface area contributed by atoms with Gasteiger partial charge >= 0.3 is 0 Å². The quantitative estimate of drug-likeness (QED) is 0.856. The number of aryl methyl sites for hydroxylation is 1. The van der Waals surface area contributed by atoms with Crippen molar-refractivity contribution < 1.29 is 0 Å². The van der Waals surface area contributed by atoms with Gasteiger partial charge in [-0.15, -0.1) is 0 Å². The lowest BCUT2D eigenvalue weighted by Crippen LogP contribution is -2.43. The van der Waals surface area contributed by atoms with E-state index in [0.717, 1.165) is 6.54 Å². The number of benzene rings is 1. The van der Waals surface area contributed by atoms with Crippen LogP contribution in [0.1, 0.15) is 49.8 Å². The third-order valence-corrected chi connectivity index (χ3v) is 4.33. The normalized spacial score (nSPS) is 25.9. The second-order valence-corrected chi connectivity index (χ2v) is 5.63. The molecule has 0 spiro atoms. The zero-order valence-electron chi connectivity index (χ0n) is 11.7. The molecule has 18 heavy (non-hydrogen) atoms. The predicted molar refractivity (Wildman–Crippen MR) is 77.5 cm³/mol. The van der Waals surface area contributed by atoms with Crippen molar-refractivity contribution in [1.82, 2.24) is 5.32 Å². The minimum atomic E-state index is 0.420. The van der Waals surface area contributed by atoms with Gasteiger partial charge in [0.25, 0.3) is 0 Å². The molecule has 0 heterocycles. The summed E-state index contributed by atoms with van der Waals surface area (Å²) in [5.74, 6) is 0.658. The van der Waals surface area contributed by atoms with Crippen LogP contribution in [0.25, 0.3) is 0 Å². The number of hydrogen-bond acceptors (Lipinski definition) is 2. The molecule has 2 unspecified atom stereocenters. The van der Waals surface area contributed by atoms with Crippen LogP contribution >= 0.6 is 0 Å². The summed E-state index contributed by atoms with van der Waals surface area (Å²) in [7, 11) is 0. The molecule has 100 valence electrons.